The number of hydrogen-bond acceptors (Lipinski definition) is 1. The van der Waals surface area contributed by atoms with Crippen molar-refractivity contribution < 1.29 is 9.18 Å². The molecular weight excluding hydrogens is 241 g/mol. The summed E-state index contributed by atoms with van der Waals surface area (Å²) in [6, 6.07) is 5.01. The van der Waals surface area contributed by atoms with Gasteiger partial charge >= 0.3 is 0 Å². The van der Waals surface area contributed by atoms with Crippen LogP contribution in [0.5, 0.6) is 0 Å². The van der Waals surface area contributed by atoms with Crippen LogP contribution in [0, 0.1) is 12.7 Å². The maximum Gasteiger partial charge on any atom is 0.257 e. The van der Waals surface area contributed by atoms with Gasteiger partial charge in [-0.1, -0.05) is 31.4 Å². The van der Waals surface area contributed by atoms with Crippen molar-refractivity contribution >= 4 is 5.91 Å². The van der Waals surface area contributed by atoms with E-state index in [4.69, 9.17) is 0 Å². The van der Waals surface area contributed by atoms with E-state index in [2.05, 4.69) is 6.92 Å². The van der Waals surface area contributed by atoms with Crippen molar-refractivity contribution in [3.63, 3.8) is 0 Å². The molecule has 1 aromatic rings. The van der Waals surface area contributed by atoms with Crippen molar-refractivity contribution in [2.75, 3.05) is 6.54 Å². The quantitative estimate of drug-likeness (QED) is 0.791. The first kappa shape index (κ1) is 14.0. The minimum atomic E-state index is -0.408. The van der Waals surface area contributed by atoms with Crippen LogP contribution >= 0.6 is 0 Å². The van der Waals surface area contributed by atoms with Crippen LogP contribution in [-0.2, 0) is 0 Å². The molecule has 1 aliphatic heterocycles. The molecule has 0 saturated carbocycles. The van der Waals surface area contributed by atoms with E-state index < -0.39 is 5.82 Å². The number of halogens is 1. The summed E-state index contributed by atoms with van der Waals surface area (Å²) in [6.45, 7) is 4.74. The van der Waals surface area contributed by atoms with Crippen LogP contribution < -0.4 is 0 Å². The van der Waals surface area contributed by atoms with Gasteiger partial charge in [-0.15, -0.1) is 0 Å². The number of carbonyl (C=O) groups is 1. The van der Waals surface area contributed by atoms with E-state index in [0.29, 0.717) is 0 Å². The van der Waals surface area contributed by atoms with Gasteiger partial charge in [0.1, 0.15) is 5.82 Å². The summed E-state index contributed by atoms with van der Waals surface area (Å²) in [4.78, 5) is 14.5. The van der Waals surface area contributed by atoms with Gasteiger partial charge in [0.05, 0.1) is 5.56 Å². The van der Waals surface area contributed by atoms with Crippen LogP contribution in [0.1, 0.15) is 54.9 Å². The average Bonchev–Trinajstić information content (AvgIpc) is 2.65. The molecule has 2 nitrogen and oxygen atoms in total. The molecule has 19 heavy (non-hydrogen) atoms. The number of nitrogens with zero attached hydrogens (tertiary/aromatic N) is 1. The van der Waals surface area contributed by atoms with Crippen molar-refractivity contribution in [3.05, 3.63) is 35.1 Å². The number of amides is 1. The van der Waals surface area contributed by atoms with E-state index in [-0.39, 0.29) is 17.5 Å². The molecule has 0 bridgehead atoms. The smallest absolute Gasteiger partial charge is 0.257 e. The van der Waals surface area contributed by atoms with E-state index in [0.717, 1.165) is 37.8 Å². The SMILES string of the molecule is CCC1CCCCCN1C(=O)c1cc(C)ccc1F. The molecule has 0 aromatic heterocycles. The summed E-state index contributed by atoms with van der Waals surface area (Å²) < 4.78 is 13.9. The van der Waals surface area contributed by atoms with Crippen LogP contribution in [-0.4, -0.2) is 23.4 Å². The van der Waals surface area contributed by atoms with E-state index in [1.54, 1.807) is 12.1 Å². The Morgan fingerprint density at radius 2 is 2.16 bits per heavy atom. The molecule has 0 N–H and O–H groups in total. The number of benzene rings is 1. The topological polar surface area (TPSA) is 20.3 Å². The zero-order chi connectivity index (χ0) is 13.8. The maximum atomic E-state index is 13.9. The Labute approximate surface area is 114 Å². The molecule has 1 atom stereocenters. The second-order valence-corrected chi connectivity index (χ2v) is 5.39. The van der Waals surface area contributed by atoms with Gasteiger partial charge in [-0.3, -0.25) is 4.79 Å². The lowest BCUT2D eigenvalue weighted by atomic mass is 10.1. The maximum absolute atomic E-state index is 13.9. The molecule has 0 spiro atoms. The largest absolute Gasteiger partial charge is 0.336 e. The predicted molar refractivity (Wildman–Crippen MR) is 74.7 cm³/mol. The lowest BCUT2D eigenvalue weighted by molar-refractivity contribution is 0.0673. The van der Waals surface area contributed by atoms with Crippen LogP contribution in [0.15, 0.2) is 18.2 Å². The van der Waals surface area contributed by atoms with Gasteiger partial charge in [-0.05, 0) is 38.3 Å². The first-order valence-electron chi connectivity index (χ1n) is 7.20. The van der Waals surface area contributed by atoms with Gasteiger partial charge < -0.3 is 4.90 Å². The molecule has 1 aromatic carbocycles. The summed E-state index contributed by atoms with van der Waals surface area (Å²) >= 11 is 0. The molecule has 1 fully saturated rings. The molecule has 1 unspecified atom stereocenters. The van der Waals surface area contributed by atoms with Crippen molar-refractivity contribution in [3.8, 4) is 0 Å². The molecule has 1 heterocycles. The number of hydrogen-bond donors (Lipinski definition) is 0. The fourth-order valence-electron chi connectivity index (χ4n) is 2.83. The third-order valence-corrected chi connectivity index (χ3v) is 3.96. The molecule has 104 valence electrons. The van der Waals surface area contributed by atoms with Gasteiger partial charge in [-0.25, -0.2) is 4.39 Å². The van der Waals surface area contributed by atoms with Gasteiger partial charge in [0, 0.05) is 12.6 Å². The first-order chi connectivity index (χ1) is 9.13. The Kier molecular flexibility index (Phi) is 4.56. The summed E-state index contributed by atoms with van der Waals surface area (Å²) in [5.41, 5.74) is 1.15. The minimum absolute atomic E-state index is 0.144. The summed E-state index contributed by atoms with van der Waals surface area (Å²) in [6.07, 6.45) is 5.33. The second kappa shape index (κ2) is 6.18. The molecule has 1 aliphatic rings. The highest BCUT2D eigenvalue weighted by atomic mass is 19.1. The van der Waals surface area contributed by atoms with Crippen LogP contribution in [0.25, 0.3) is 0 Å². The average molecular weight is 263 g/mol. The van der Waals surface area contributed by atoms with E-state index >= 15 is 0 Å². The van der Waals surface area contributed by atoms with Crippen LogP contribution in [0.3, 0.4) is 0 Å². The Bertz CT molecular complexity index is 458. The fraction of sp³-hybridized carbons (Fsp3) is 0.562. The summed E-state index contributed by atoms with van der Waals surface area (Å²) in [5, 5.41) is 0. The Morgan fingerprint density at radius 3 is 2.89 bits per heavy atom. The normalized spacial score (nSPS) is 20.2. The lowest BCUT2D eigenvalue weighted by Gasteiger charge is -2.29. The molecule has 1 amide bonds. The molecular formula is C16H22FNO. The summed E-state index contributed by atoms with van der Waals surface area (Å²) in [7, 11) is 0. The van der Waals surface area contributed by atoms with Crippen molar-refractivity contribution in [1.82, 2.24) is 4.90 Å². The van der Waals surface area contributed by atoms with E-state index in [9.17, 15) is 9.18 Å². The predicted octanol–water partition coefficient (Wildman–Crippen LogP) is 3.93. The van der Waals surface area contributed by atoms with Gasteiger partial charge in [0.2, 0.25) is 0 Å². The van der Waals surface area contributed by atoms with Crippen molar-refractivity contribution in [1.29, 1.82) is 0 Å². The summed E-state index contributed by atoms with van der Waals surface area (Å²) in [5.74, 6) is -0.551. The Balaban J connectivity index is 2.27. The highest BCUT2D eigenvalue weighted by molar-refractivity contribution is 5.95. The first-order valence-corrected chi connectivity index (χ1v) is 7.20. The highest BCUT2D eigenvalue weighted by Gasteiger charge is 2.26. The van der Waals surface area contributed by atoms with Crippen molar-refractivity contribution in [2.45, 2.75) is 52.0 Å². The molecule has 1 saturated heterocycles. The standard InChI is InChI=1S/C16H22FNO/c1-3-13-7-5-4-6-10-18(13)16(19)14-11-12(2)8-9-15(14)17/h8-9,11,13H,3-7,10H2,1-2H3. The lowest BCUT2D eigenvalue weighted by Crippen LogP contribution is -2.40. The number of carbonyl (C=O) groups excluding carboxylic acids is 1. The zero-order valence-corrected chi connectivity index (χ0v) is 11.8. The zero-order valence-electron chi connectivity index (χ0n) is 11.8. The third-order valence-electron chi connectivity index (χ3n) is 3.96. The van der Waals surface area contributed by atoms with Crippen molar-refractivity contribution in [2.24, 2.45) is 0 Å². The Hall–Kier alpha value is -1.38. The second-order valence-electron chi connectivity index (χ2n) is 5.39. The van der Waals surface area contributed by atoms with E-state index in [1.807, 2.05) is 11.8 Å². The fourth-order valence-corrected chi connectivity index (χ4v) is 2.83. The Morgan fingerprint density at radius 1 is 1.37 bits per heavy atom. The van der Waals surface area contributed by atoms with Crippen LogP contribution in [0.4, 0.5) is 4.39 Å². The molecule has 2 rings (SSSR count). The van der Waals surface area contributed by atoms with Gasteiger partial charge in [-0.2, -0.15) is 0 Å². The number of likely N-dealkylation sites (tertiary alicyclic amines) is 1. The van der Waals surface area contributed by atoms with Gasteiger partial charge in [0.25, 0.3) is 5.91 Å². The minimum Gasteiger partial charge on any atom is -0.336 e. The highest BCUT2D eigenvalue weighted by Crippen LogP contribution is 2.22. The molecule has 3 heteroatoms. The monoisotopic (exact) mass is 263 g/mol. The third kappa shape index (κ3) is 3.14. The van der Waals surface area contributed by atoms with Crippen LogP contribution in [0.2, 0.25) is 0 Å². The number of rotatable bonds is 2. The molecule has 0 aliphatic carbocycles. The van der Waals surface area contributed by atoms with Gasteiger partial charge in [0.15, 0.2) is 0 Å². The van der Waals surface area contributed by atoms with E-state index in [1.165, 1.54) is 12.5 Å². The molecule has 0 radical (unpaired) electrons. The number of aryl methyl sites for hydroxylation is 1.